The average Bonchev–Trinajstić information content (AvgIpc) is 2.77. The van der Waals surface area contributed by atoms with Gasteiger partial charge >= 0.3 is 6.18 Å². The lowest BCUT2D eigenvalue weighted by atomic mass is 9.98. The summed E-state index contributed by atoms with van der Waals surface area (Å²) in [5.41, 5.74) is 8.91. The molecule has 3 N–H and O–H groups in total. The Morgan fingerprint density at radius 3 is 2.44 bits per heavy atom. The summed E-state index contributed by atoms with van der Waals surface area (Å²) >= 11 is 1.45. The molecule has 0 aromatic heterocycles. The van der Waals surface area contributed by atoms with Gasteiger partial charge in [0.05, 0.1) is 5.56 Å². The van der Waals surface area contributed by atoms with E-state index < -0.39 is 11.7 Å². The van der Waals surface area contributed by atoms with Gasteiger partial charge in [-0.25, -0.2) is 0 Å². The zero-order valence-corrected chi connectivity index (χ0v) is 21.9. The number of halogens is 5. The fraction of sp³-hybridized carbons (Fsp3) is 0.500. The van der Waals surface area contributed by atoms with E-state index in [2.05, 4.69) is 40.2 Å². The Kier molecular flexibility index (Phi) is 10.3. The first-order valence-corrected chi connectivity index (χ1v) is 12.0. The molecule has 0 bridgehead atoms. The van der Waals surface area contributed by atoms with Gasteiger partial charge in [0.1, 0.15) is 0 Å². The van der Waals surface area contributed by atoms with Crippen molar-refractivity contribution < 1.29 is 13.2 Å². The third-order valence-electron chi connectivity index (χ3n) is 6.48. The van der Waals surface area contributed by atoms with Gasteiger partial charge in [0, 0.05) is 73.4 Å². The Hall–Kier alpha value is -1.32. The lowest BCUT2D eigenvalue weighted by Gasteiger charge is -2.34. The van der Waals surface area contributed by atoms with E-state index in [1.165, 1.54) is 23.9 Å². The molecule has 1 saturated heterocycles. The number of nitrogens with zero attached hydrogens (tertiary/aromatic N) is 2. The Labute approximate surface area is 216 Å². The van der Waals surface area contributed by atoms with Crippen LogP contribution < -0.4 is 16.0 Å². The van der Waals surface area contributed by atoms with E-state index in [0.717, 1.165) is 60.7 Å². The van der Waals surface area contributed by atoms with Gasteiger partial charge < -0.3 is 20.9 Å². The maximum atomic E-state index is 13.7. The predicted octanol–water partition coefficient (Wildman–Crippen LogP) is 5.90. The second-order valence-corrected chi connectivity index (χ2v) is 9.72. The fourth-order valence-corrected chi connectivity index (χ4v) is 5.61. The number of anilines is 2. The standard InChI is InChI=1S/C24H31F3N4S.2ClH/c1-3-30(2)19-5-4-16-12-20-21(29-18-6-9-31(10-7-18)11-8-28)13-17(24(25,26)27)14-23(20)32-22(16)15-19;;/h4-5,13-15,18,29H,3,6-12,28H2,1-2H3;2*1H. The van der Waals surface area contributed by atoms with Crippen molar-refractivity contribution in [1.82, 2.24) is 4.90 Å². The Balaban J connectivity index is 0.00000204. The maximum absolute atomic E-state index is 13.7. The van der Waals surface area contributed by atoms with Crippen molar-refractivity contribution in [3.05, 3.63) is 47.0 Å². The highest BCUT2D eigenvalue weighted by Gasteiger charge is 2.34. The van der Waals surface area contributed by atoms with Crippen LogP contribution in [0.5, 0.6) is 0 Å². The SMILES string of the molecule is CCN(C)c1ccc2c(c1)Sc1cc(C(F)(F)F)cc(NC3CCN(CCN)CC3)c1C2.Cl.Cl. The number of benzene rings is 2. The molecule has 4 nitrogen and oxygen atoms in total. The van der Waals surface area contributed by atoms with Gasteiger partial charge in [-0.3, -0.25) is 0 Å². The molecule has 0 saturated carbocycles. The van der Waals surface area contributed by atoms with Crippen molar-refractivity contribution in [2.75, 3.05) is 50.0 Å². The molecule has 1 fully saturated rings. The molecule has 4 rings (SSSR count). The summed E-state index contributed by atoms with van der Waals surface area (Å²) in [5, 5.41) is 3.47. The molecule has 0 atom stereocenters. The summed E-state index contributed by atoms with van der Waals surface area (Å²) in [4.78, 5) is 6.19. The van der Waals surface area contributed by atoms with Crippen molar-refractivity contribution in [2.45, 2.75) is 48.2 Å². The highest BCUT2D eigenvalue weighted by molar-refractivity contribution is 7.99. The first-order chi connectivity index (χ1) is 15.3. The second-order valence-electron chi connectivity index (χ2n) is 8.63. The van der Waals surface area contributed by atoms with Crippen molar-refractivity contribution >= 4 is 48.0 Å². The van der Waals surface area contributed by atoms with Crippen molar-refractivity contribution in [3.63, 3.8) is 0 Å². The molecule has 2 aliphatic heterocycles. The summed E-state index contributed by atoms with van der Waals surface area (Å²) in [6.45, 7) is 6.29. The predicted molar refractivity (Wildman–Crippen MR) is 140 cm³/mol. The topological polar surface area (TPSA) is 44.5 Å². The molecule has 2 aromatic rings. The number of hydrogen-bond donors (Lipinski definition) is 2. The molecule has 2 aromatic carbocycles. The fourth-order valence-electron chi connectivity index (χ4n) is 4.43. The normalized spacial score (nSPS) is 16.1. The Morgan fingerprint density at radius 2 is 1.82 bits per heavy atom. The number of alkyl halides is 3. The monoisotopic (exact) mass is 536 g/mol. The largest absolute Gasteiger partial charge is 0.416 e. The molecule has 0 unspecified atom stereocenters. The van der Waals surface area contributed by atoms with Crippen LogP contribution in [0.1, 0.15) is 36.5 Å². The summed E-state index contributed by atoms with van der Waals surface area (Å²) < 4.78 is 41.1. The van der Waals surface area contributed by atoms with Gasteiger partial charge in [-0.1, -0.05) is 17.8 Å². The summed E-state index contributed by atoms with van der Waals surface area (Å²) in [6, 6.07) is 9.08. The summed E-state index contributed by atoms with van der Waals surface area (Å²) in [6.07, 6.45) is -1.93. The molecule has 0 aliphatic carbocycles. The number of likely N-dealkylation sites (tertiary alicyclic amines) is 1. The third kappa shape index (κ3) is 6.46. The summed E-state index contributed by atoms with van der Waals surface area (Å²) in [5.74, 6) is 0. The Bertz CT molecular complexity index is 966. The van der Waals surface area contributed by atoms with Crippen molar-refractivity contribution in [3.8, 4) is 0 Å². The molecule has 0 amide bonds. The molecular weight excluding hydrogens is 504 g/mol. The molecule has 2 aliphatic rings. The third-order valence-corrected chi connectivity index (χ3v) is 7.67. The minimum absolute atomic E-state index is 0. The van der Waals surface area contributed by atoms with Gasteiger partial charge in [0.2, 0.25) is 0 Å². The van der Waals surface area contributed by atoms with Crippen LogP contribution in [-0.4, -0.2) is 50.7 Å². The van der Waals surface area contributed by atoms with Crippen molar-refractivity contribution in [2.24, 2.45) is 5.73 Å². The van der Waals surface area contributed by atoms with E-state index >= 15 is 0 Å². The van der Waals surface area contributed by atoms with Crippen LogP contribution in [0.15, 0.2) is 40.1 Å². The van der Waals surface area contributed by atoms with Crippen LogP contribution in [0.3, 0.4) is 0 Å². The molecule has 0 spiro atoms. The highest BCUT2D eigenvalue weighted by atomic mass is 35.5. The van der Waals surface area contributed by atoms with Gasteiger partial charge in [0.25, 0.3) is 0 Å². The van der Waals surface area contributed by atoms with Crippen LogP contribution in [0, 0.1) is 0 Å². The number of nitrogens with one attached hydrogen (secondary N) is 1. The van der Waals surface area contributed by atoms with Crippen LogP contribution in [0.4, 0.5) is 24.5 Å². The smallest absolute Gasteiger partial charge is 0.382 e. The first-order valence-electron chi connectivity index (χ1n) is 11.2. The second kappa shape index (κ2) is 12.1. The van der Waals surface area contributed by atoms with Crippen molar-refractivity contribution in [1.29, 1.82) is 0 Å². The van der Waals surface area contributed by atoms with E-state index in [0.29, 0.717) is 23.5 Å². The minimum atomic E-state index is -4.37. The zero-order valence-electron chi connectivity index (χ0n) is 19.5. The Morgan fingerprint density at radius 1 is 1.12 bits per heavy atom. The lowest BCUT2D eigenvalue weighted by Crippen LogP contribution is -2.41. The van der Waals surface area contributed by atoms with Gasteiger partial charge in [0.15, 0.2) is 0 Å². The number of fused-ring (bicyclic) bond motifs is 2. The van der Waals surface area contributed by atoms with Crippen LogP contribution in [0.2, 0.25) is 0 Å². The molecule has 34 heavy (non-hydrogen) atoms. The van der Waals surface area contributed by atoms with E-state index in [1.54, 1.807) is 0 Å². The number of piperidine rings is 1. The molecular formula is C24H33Cl2F3N4S. The quantitative estimate of drug-likeness (QED) is 0.410. The summed E-state index contributed by atoms with van der Waals surface area (Å²) in [7, 11) is 2.02. The molecule has 0 radical (unpaired) electrons. The van der Waals surface area contributed by atoms with Crippen LogP contribution in [0.25, 0.3) is 0 Å². The van der Waals surface area contributed by atoms with Gasteiger partial charge in [-0.2, -0.15) is 13.2 Å². The molecule has 10 heteroatoms. The average molecular weight is 538 g/mol. The van der Waals surface area contributed by atoms with Gasteiger partial charge in [-0.05, 0) is 55.2 Å². The van der Waals surface area contributed by atoms with Crippen LogP contribution in [-0.2, 0) is 12.6 Å². The van der Waals surface area contributed by atoms with E-state index in [9.17, 15) is 13.2 Å². The maximum Gasteiger partial charge on any atom is 0.416 e. The highest BCUT2D eigenvalue weighted by Crippen LogP contribution is 2.46. The van der Waals surface area contributed by atoms with E-state index in [1.807, 2.05) is 7.05 Å². The number of rotatable bonds is 6. The van der Waals surface area contributed by atoms with Gasteiger partial charge in [-0.15, -0.1) is 24.8 Å². The number of hydrogen-bond acceptors (Lipinski definition) is 5. The zero-order chi connectivity index (χ0) is 22.9. The molecule has 2 heterocycles. The first kappa shape index (κ1) is 28.9. The van der Waals surface area contributed by atoms with E-state index in [-0.39, 0.29) is 30.9 Å². The van der Waals surface area contributed by atoms with E-state index in [4.69, 9.17) is 5.73 Å². The lowest BCUT2D eigenvalue weighted by molar-refractivity contribution is -0.137. The molecule has 190 valence electrons. The number of nitrogens with two attached hydrogens (primary N) is 1. The minimum Gasteiger partial charge on any atom is -0.382 e. The van der Waals surface area contributed by atoms with Crippen LogP contribution >= 0.6 is 36.6 Å².